The largest absolute Gasteiger partial charge is 1.00 e. The molecular weight excluding hydrogens is 716 g/mol. The number of nitrogen functional groups attached to an aromatic ring is 1. The number of terminal acetylenes is 1. The SMILES string of the molecule is C#C[C@@]1(CO)[CH-]C[C@H](CC2C=Nc3c(N)nc(F)nc3CC2)O1.CCCCCCCCCCCCCCCCCCCCO[C-]=O.[Cs+]. The molecule has 0 aliphatic carbocycles. The van der Waals surface area contributed by atoms with Gasteiger partial charge in [0.1, 0.15) is 5.69 Å². The number of hydrogen-bond donors (Lipinski definition) is 2. The van der Waals surface area contributed by atoms with Crippen LogP contribution in [0.3, 0.4) is 0 Å². The zero-order chi connectivity index (χ0) is 33.3. The molecule has 0 aromatic carbocycles. The Labute approximate surface area is 343 Å². The second-order valence-corrected chi connectivity index (χ2v) is 12.8. The van der Waals surface area contributed by atoms with Crippen molar-refractivity contribution in [2.24, 2.45) is 10.9 Å². The molecule has 3 atom stereocenters. The number of ether oxygens (including phenoxy) is 2. The van der Waals surface area contributed by atoms with E-state index in [-0.39, 0.29) is 93.3 Å². The summed E-state index contributed by atoms with van der Waals surface area (Å²) in [5.41, 5.74) is 5.70. The minimum absolute atomic E-state index is 0. The number of aromatic nitrogens is 2. The van der Waals surface area contributed by atoms with Gasteiger partial charge in [-0.2, -0.15) is 9.37 Å². The molecule has 1 unspecified atom stereocenters. The second kappa shape index (κ2) is 28.2. The van der Waals surface area contributed by atoms with Gasteiger partial charge in [-0.3, -0.25) is 11.4 Å². The molecule has 2 aliphatic rings. The van der Waals surface area contributed by atoms with Crippen LogP contribution in [0.5, 0.6) is 0 Å². The number of halogens is 1. The minimum Gasteiger partial charge on any atom is -0.653 e. The molecular formula is C37H59CsFN4O4-. The summed E-state index contributed by atoms with van der Waals surface area (Å²) in [7, 11) is 0. The van der Waals surface area contributed by atoms with Gasteiger partial charge in [0, 0.05) is 24.5 Å². The Bertz CT molecular complexity index is 1040. The van der Waals surface area contributed by atoms with E-state index in [0.29, 0.717) is 37.3 Å². The molecule has 0 spiro atoms. The summed E-state index contributed by atoms with van der Waals surface area (Å²) in [6, 6.07) is 0. The van der Waals surface area contributed by atoms with E-state index in [9.17, 15) is 14.3 Å². The van der Waals surface area contributed by atoms with E-state index >= 15 is 0 Å². The fourth-order valence-corrected chi connectivity index (χ4v) is 6.12. The van der Waals surface area contributed by atoms with E-state index in [4.69, 9.17) is 16.9 Å². The summed E-state index contributed by atoms with van der Waals surface area (Å²) in [6.45, 7) is 4.08. The number of rotatable bonds is 23. The van der Waals surface area contributed by atoms with Crippen LogP contribution in [-0.4, -0.2) is 52.7 Å². The number of nitrogens with zero attached hydrogens (tertiary/aromatic N) is 3. The van der Waals surface area contributed by atoms with Gasteiger partial charge >= 0.3 is 75.0 Å². The fourth-order valence-electron chi connectivity index (χ4n) is 6.12. The number of aliphatic hydroxyl groups is 1. The first kappa shape index (κ1) is 44.5. The Balaban J connectivity index is 0.000000460. The van der Waals surface area contributed by atoms with Gasteiger partial charge in [-0.25, -0.2) is 4.98 Å². The van der Waals surface area contributed by atoms with Crippen molar-refractivity contribution in [1.82, 2.24) is 9.97 Å². The number of anilines is 1. The van der Waals surface area contributed by atoms with E-state index in [1.54, 1.807) is 6.21 Å². The fraction of sp³-hybridized carbons (Fsp3) is 0.757. The Morgan fingerprint density at radius 3 is 2.06 bits per heavy atom. The van der Waals surface area contributed by atoms with Crippen LogP contribution in [-0.2, 0) is 20.7 Å². The summed E-state index contributed by atoms with van der Waals surface area (Å²) < 4.78 is 23.6. The van der Waals surface area contributed by atoms with Crippen LogP contribution in [0.25, 0.3) is 0 Å². The van der Waals surface area contributed by atoms with Crippen molar-refractivity contribution in [1.29, 1.82) is 0 Å². The monoisotopic (exact) mass is 775 g/mol. The molecule has 0 radical (unpaired) electrons. The van der Waals surface area contributed by atoms with E-state index in [1.165, 1.54) is 116 Å². The number of carbonyl (C=O) groups excluding carboxylic acids is 1. The van der Waals surface area contributed by atoms with Gasteiger partial charge in [0.25, 0.3) is 0 Å². The van der Waals surface area contributed by atoms with Crippen LogP contribution in [0.2, 0.25) is 0 Å². The molecule has 260 valence electrons. The summed E-state index contributed by atoms with van der Waals surface area (Å²) in [5, 5.41) is 9.37. The van der Waals surface area contributed by atoms with E-state index in [1.807, 2.05) is 6.42 Å². The first-order valence-corrected chi connectivity index (χ1v) is 17.9. The number of aryl methyl sites for hydroxylation is 1. The topological polar surface area (TPSA) is 120 Å². The molecule has 3 rings (SSSR count). The second-order valence-electron chi connectivity index (χ2n) is 12.8. The molecule has 10 heteroatoms. The molecule has 0 amide bonds. The molecule has 3 heterocycles. The minimum atomic E-state index is -0.978. The number of nitrogens with two attached hydrogens (primary N) is 1. The van der Waals surface area contributed by atoms with Crippen LogP contribution in [0.4, 0.5) is 15.9 Å². The van der Waals surface area contributed by atoms with Crippen molar-refractivity contribution in [3.05, 3.63) is 18.2 Å². The first-order chi connectivity index (χ1) is 22.5. The van der Waals surface area contributed by atoms with Gasteiger partial charge in [0.15, 0.2) is 5.82 Å². The van der Waals surface area contributed by atoms with Gasteiger partial charge in [0.2, 0.25) is 0 Å². The van der Waals surface area contributed by atoms with Crippen molar-refractivity contribution in [3.8, 4) is 12.3 Å². The van der Waals surface area contributed by atoms with E-state index < -0.39 is 11.7 Å². The molecule has 3 N–H and O–H groups in total. The molecule has 47 heavy (non-hydrogen) atoms. The molecule has 1 fully saturated rings. The van der Waals surface area contributed by atoms with Crippen LogP contribution in [0.1, 0.15) is 147 Å². The maximum Gasteiger partial charge on any atom is 1.00 e. The standard InChI is InChI=1S/C21H41O2.C16H18FN4O2.Cs/c1-2-3-4-5-6-7-8-9-10-11-12-13-14-15-16-17-18-19-20-23-21-22;1-2-16(9-22)6-5-11(23-16)7-10-3-4-12-13(19-8-10)14(18)21-15(17)20-12;/h2-20H2,1H3;1,6,8,10-11,22H,3-5,7,9H2,(H2,18,20,21);/q2*-1;+1/t;10?,11-,16+;/m.1./s1. The normalized spacial score (nSPS) is 19.9. The first-order valence-electron chi connectivity index (χ1n) is 17.9. The third-order valence-corrected chi connectivity index (χ3v) is 8.91. The smallest absolute Gasteiger partial charge is 0.653 e. The zero-order valence-electron chi connectivity index (χ0n) is 29.3. The molecule has 1 saturated heterocycles. The predicted molar refractivity (Wildman–Crippen MR) is 184 cm³/mol. The van der Waals surface area contributed by atoms with Gasteiger partial charge in [-0.15, -0.1) is 18.8 Å². The summed E-state index contributed by atoms with van der Waals surface area (Å²) in [5.74, 6) is 2.69. The quantitative estimate of drug-likeness (QED) is 0.0669. The maximum absolute atomic E-state index is 13.3. The van der Waals surface area contributed by atoms with Crippen LogP contribution < -0.4 is 74.6 Å². The molecule has 8 nitrogen and oxygen atoms in total. The molecule has 1 aromatic rings. The van der Waals surface area contributed by atoms with Gasteiger partial charge < -0.3 is 25.1 Å². The number of unbranched alkanes of at least 4 members (excludes halogenated alkanes) is 17. The third-order valence-electron chi connectivity index (χ3n) is 8.91. The van der Waals surface area contributed by atoms with Crippen molar-refractivity contribution in [2.45, 2.75) is 160 Å². The molecule has 1 aromatic heterocycles. The Hall–Kier alpha value is -0.518. The Kier molecular flexibility index (Phi) is 26.7. The van der Waals surface area contributed by atoms with Crippen molar-refractivity contribution >= 4 is 24.2 Å². The molecule has 0 bridgehead atoms. The number of aliphatic imine (C=N–C) groups is 1. The van der Waals surface area contributed by atoms with Crippen molar-refractivity contribution < 1.29 is 92.7 Å². The van der Waals surface area contributed by atoms with Gasteiger partial charge in [-0.1, -0.05) is 123 Å². The number of hydrogen-bond acceptors (Lipinski definition) is 8. The summed E-state index contributed by atoms with van der Waals surface area (Å²) in [6.07, 6.45) is 35.7. The average molecular weight is 776 g/mol. The Morgan fingerprint density at radius 2 is 1.57 bits per heavy atom. The predicted octanol–water partition coefficient (Wildman–Crippen LogP) is 5.33. The zero-order valence-corrected chi connectivity index (χ0v) is 35.6. The third kappa shape index (κ3) is 19.5. The van der Waals surface area contributed by atoms with Crippen LogP contribution in [0, 0.1) is 30.8 Å². The molecule has 2 aliphatic heterocycles. The van der Waals surface area contributed by atoms with Crippen molar-refractivity contribution in [2.75, 3.05) is 18.9 Å². The van der Waals surface area contributed by atoms with E-state index in [0.717, 1.165) is 12.8 Å². The summed E-state index contributed by atoms with van der Waals surface area (Å²) >= 11 is 0. The molecule has 0 saturated carbocycles. The van der Waals surface area contributed by atoms with Gasteiger partial charge in [0.05, 0.1) is 12.3 Å². The van der Waals surface area contributed by atoms with Crippen LogP contribution >= 0.6 is 0 Å². The maximum atomic E-state index is 13.3. The number of fused-ring (bicyclic) bond motifs is 1. The average Bonchev–Trinajstić information content (AvgIpc) is 3.36. The summed E-state index contributed by atoms with van der Waals surface area (Å²) in [4.78, 5) is 21.5. The van der Waals surface area contributed by atoms with Crippen molar-refractivity contribution in [3.63, 3.8) is 0 Å². The number of aliphatic hydroxyl groups excluding tert-OH is 1. The van der Waals surface area contributed by atoms with Gasteiger partial charge in [-0.05, 0) is 31.6 Å². The Morgan fingerprint density at radius 1 is 1.02 bits per heavy atom. The van der Waals surface area contributed by atoms with Crippen LogP contribution in [0.15, 0.2) is 4.99 Å². The van der Waals surface area contributed by atoms with E-state index in [2.05, 4.69) is 32.5 Å².